The van der Waals surface area contributed by atoms with E-state index in [2.05, 4.69) is 39.8 Å². The van der Waals surface area contributed by atoms with Gasteiger partial charge in [0, 0.05) is 0 Å². The smallest absolute Gasteiger partial charge is 0.0248 e. The van der Waals surface area contributed by atoms with Crippen molar-refractivity contribution in [3.05, 3.63) is 34.4 Å². The van der Waals surface area contributed by atoms with Crippen molar-refractivity contribution in [2.24, 2.45) is 11.8 Å². The molecule has 1 aliphatic rings. The molecule has 1 aromatic carbocycles. The maximum atomic E-state index is 2.40. The molecule has 0 fully saturated rings. The Bertz CT molecular complexity index is 314. The largest absolute Gasteiger partial charge is 0.0619 e. The third-order valence-electron chi connectivity index (χ3n) is 3.87. The van der Waals surface area contributed by atoms with Crippen molar-refractivity contribution >= 4 is 0 Å². The topological polar surface area (TPSA) is 0 Å². The van der Waals surface area contributed by atoms with Crippen molar-refractivity contribution in [3.63, 3.8) is 0 Å². The zero-order chi connectivity index (χ0) is 10.3. The quantitative estimate of drug-likeness (QED) is 0.582. The van der Waals surface area contributed by atoms with Gasteiger partial charge in [-0.25, -0.2) is 0 Å². The van der Waals surface area contributed by atoms with E-state index >= 15 is 0 Å². The molecule has 0 aliphatic heterocycles. The molecule has 0 saturated heterocycles. The van der Waals surface area contributed by atoms with E-state index in [1.807, 2.05) is 0 Å². The molecule has 2 rings (SSSR count). The maximum absolute atomic E-state index is 2.40. The van der Waals surface area contributed by atoms with Crippen LogP contribution in [0.3, 0.4) is 0 Å². The van der Waals surface area contributed by atoms with E-state index in [1.54, 1.807) is 11.1 Å². The normalized spacial score (nSPS) is 26.0. The molecule has 0 heteroatoms. The van der Waals surface area contributed by atoms with Crippen LogP contribution in [-0.2, 0) is 12.8 Å². The van der Waals surface area contributed by atoms with Crippen molar-refractivity contribution in [1.82, 2.24) is 0 Å². The molecule has 0 unspecified atom stereocenters. The van der Waals surface area contributed by atoms with Crippen molar-refractivity contribution < 1.29 is 0 Å². The summed E-state index contributed by atoms with van der Waals surface area (Å²) in [4.78, 5) is 0. The molecule has 0 nitrogen and oxygen atoms in total. The molecule has 0 N–H and O–H groups in total. The van der Waals surface area contributed by atoms with E-state index < -0.39 is 0 Å². The fraction of sp³-hybridized carbons (Fsp3) is 0.571. The maximum Gasteiger partial charge on any atom is -0.0248 e. The van der Waals surface area contributed by atoms with Gasteiger partial charge in [-0.05, 0) is 60.8 Å². The fourth-order valence-corrected chi connectivity index (χ4v) is 2.41. The van der Waals surface area contributed by atoms with E-state index in [-0.39, 0.29) is 0 Å². The highest BCUT2D eigenvalue weighted by Gasteiger charge is 2.21. The highest BCUT2D eigenvalue weighted by molar-refractivity contribution is 5.39. The Kier molecular flexibility index (Phi) is 2.38. The minimum atomic E-state index is 0.851. The molecule has 0 heterocycles. The molecular weight excluding hydrogens is 168 g/mol. The Labute approximate surface area is 87.3 Å². The van der Waals surface area contributed by atoms with Crippen molar-refractivity contribution in [2.75, 3.05) is 0 Å². The summed E-state index contributed by atoms with van der Waals surface area (Å²) >= 11 is 0. The first kappa shape index (κ1) is 9.76. The van der Waals surface area contributed by atoms with Crippen LogP contribution in [0.2, 0.25) is 0 Å². The summed E-state index contributed by atoms with van der Waals surface area (Å²) in [5.74, 6) is 1.70. The molecular formula is C14H20. The standard InChI is InChI=1S/C14H20/c1-9-5-13-7-11(3)12(4)8-14(13)6-10(9)2/h5-6,11-12H,7-8H2,1-4H3/t11-,12-/m1/s1. The first-order valence-electron chi connectivity index (χ1n) is 5.67. The van der Waals surface area contributed by atoms with E-state index in [4.69, 9.17) is 0 Å². The fourth-order valence-electron chi connectivity index (χ4n) is 2.41. The van der Waals surface area contributed by atoms with Crippen LogP contribution in [0.25, 0.3) is 0 Å². The van der Waals surface area contributed by atoms with Crippen LogP contribution in [0.4, 0.5) is 0 Å². The molecule has 76 valence electrons. The Morgan fingerprint density at radius 1 is 0.857 bits per heavy atom. The van der Waals surface area contributed by atoms with E-state index in [1.165, 1.54) is 24.0 Å². The van der Waals surface area contributed by atoms with Gasteiger partial charge in [0.1, 0.15) is 0 Å². The first-order valence-corrected chi connectivity index (χ1v) is 5.67. The molecule has 0 bridgehead atoms. The van der Waals surface area contributed by atoms with Crippen LogP contribution in [-0.4, -0.2) is 0 Å². The molecule has 0 radical (unpaired) electrons. The molecule has 0 spiro atoms. The molecule has 1 aromatic rings. The van der Waals surface area contributed by atoms with Crippen LogP contribution in [0.1, 0.15) is 36.1 Å². The second-order valence-electron chi connectivity index (χ2n) is 5.07. The third kappa shape index (κ3) is 1.58. The van der Waals surface area contributed by atoms with Gasteiger partial charge >= 0.3 is 0 Å². The van der Waals surface area contributed by atoms with Gasteiger partial charge in [0.2, 0.25) is 0 Å². The van der Waals surface area contributed by atoms with Gasteiger partial charge in [-0.3, -0.25) is 0 Å². The van der Waals surface area contributed by atoms with E-state index in [9.17, 15) is 0 Å². The monoisotopic (exact) mass is 188 g/mol. The van der Waals surface area contributed by atoms with Gasteiger partial charge in [0.05, 0.1) is 0 Å². The lowest BCUT2D eigenvalue weighted by Gasteiger charge is -2.28. The van der Waals surface area contributed by atoms with Crippen molar-refractivity contribution in [3.8, 4) is 0 Å². The van der Waals surface area contributed by atoms with Gasteiger partial charge in [-0.2, -0.15) is 0 Å². The van der Waals surface area contributed by atoms with Crippen LogP contribution < -0.4 is 0 Å². The Morgan fingerprint density at radius 2 is 1.21 bits per heavy atom. The molecule has 14 heavy (non-hydrogen) atoms. The van der Waals surface area contributed by atoms with Gasteiger partial charge in [-0.1, -0.05) is 26.0 Å². The predicted molar refractivity (Wildman–Crippen MR) is 61.7 cm³/mol. The summed E-state index contributed by atoms with van der Waals surface area (Å²) in [7, 11) is 0. The Balaban J connectivity index is 2.42. The average Bonchev–Trinajstić information content (AvgIpc) is 2.11. The number of benzene rings is 1. The highest BCUT2D eigenvalue weighted by atomic mass is 14.3. The van der Waals surface area contributed by atoms with Crippen LogP contribution >= 0.6 is 0 Å². The van der Waals surface area contributed by atoms with Gasteiger partial charge in [0.25, 0.3) is 0 Å². The zero-order valence-corrected chi connectivity index (χ0v) is 9.72. The second-order valence-corrected chi connectivity index (χ2v) is 5.07. The molecule has 0 aromatic heterocycles. The summed E-state index contributed by atoms with van der Waals surface area (Å²) in [6, 6.07) is 4.79. The number of hydrogen-bond donors (Lipinski definition) is 0. The van der Waals surface area contributed by atoms with Crippen LogP contribution in [0.5, 0.6) is 0 Å². The van der Waals surface area contributed by atoms with Crippen LogP contribution in [0.15, 0.2) is 12.1 Å². The van der Waals surface area contributed by atoms with Gasteiger partial charge in [-0.15, -0.1) is 0 Å². The lowest BCUT2D eigenvalue weighted by Crippen LogP contribution is -2.20. The third-order valence-corrected chi connectivity index (χ3v) is 3.87. The minimum absolute atomic E-state index is 0.851. The first-order chi connectivity index (χ1) is 6.58. The summed E-state index contributed by atoms with van der Waals surface area (Å²) in [6.07, 6.45) is 2.55. The SMILES string of the molecule is Cc1cc2c(cc1C)C[C@@H](C)[C@H](C)C2. The minimum Gasteiger partial charge on any atom is -0.0619 e. The molecule has 0 saturated carbocycles. The lowest BCUT2D eigenvalue weighted by atomic mass is 9.77. The van der Waals surface area contributed by atoms with E-state index in [0.717, 1.165) is 11.8 Å². The van der Waals surface area contributed by atoms with Crippen LogP contribution in [0, 0.1) is 25.7 Å². The Hall–Kier alpha value is -0.780. The molecule has 2 atom stereocenters. The molecule has 0 amide bonds. The Morgan fingerprint density at radius 3 is 1.57 bits per heavy atom. The summed E-state index contributed by atoms with van der Waals surface area (Å²) < 4.78 is 0. The highest BCUT2D eigenvalue weighted by Crippen LogP contribution is 2.31. The second kappa shape index (κ2) is 3.42. The van der Waals surface area contributed by atoms with Crippen molar-refractivity contribution in [1.29, 1.82) is 0 Å². The van der Waals surface area contributed by atoms with E-state index in [0.29, 0.717) is 0 Å². The van der Waals surface area contributed by atoms with Gasteiger partial charge < -0.3 is 0 Å². The van der Waals surface area contributed by atoms with Gasteiger partial charge in [0.15, 0.2) is 0 Å². The predicted octanol–water partition coefficient (Wildman–Crippen LogP) is 3.67. The number of aryl methyl sites for hydroxylation is 2. The number of hydrogen-bond acceptors (Lipinski definition) is 0. The number of fused-ring (bicyclic) bond motifs is 1. The lowest BCUT2D eigenvalue weighted by molar-refractivity contribution is 0.361. The van der Waals surface area contributed by atoms with Crippen molar-refractivity contribution in [2.45, 2.75) is 40.5 Å². The summed E-state index contributed by atoms with van der Waals surface area (Å²) in [5, 5.41) is 0. The zero-order valence-electron chi connectivity index (χ0n) is 9.72. The average molecular weight is 188 g/mol. The summed E-state index contributed by atoms with van der Waals surface area (Å²) in [6.45, 7) is 9.20. The molecule has 1 aliphatic carbocycles. The summed E-state index contributed by atoms with van der Waals surface area (Å²) in [5.41, 5.74) is 6.09. The number of rotatable bonds is 0.